The molecule has 44 heavy (non-hydrogen) atoms. The summed E-state index contributed by atoms with van der Waals surface area (Å²) in [6.45, 7) is 5.44. The van der Waals surface area contributed by atoms with Crippen LogP contribution in [0.5, 0.6) is 11.5 Å². The van der Waals surface area contributed by atoms with Crippen molar-refractivity contribution in [3.8, 4) is 11.5 Å². The standard InChI is InChI=1S/C31H42N6O6S/c1-18(17-44-19(2)38)30(41)36-12-7-10-23(36)29(40)34-28-21-14-25(42-3)26(43-4)15-22(21)33-31(35-28)37-13-11-32-16-24(37)27(39)20-8-5-6-9-20/h14-15,18,20,23-24,32H,5-13,16-17H2,1-4H3,(H,33,34,35,40). The number of nitrogens with zero attached hydrogens (tertiary/aromatic N) is 4. The molecule has 1 aromatic heterocycles. The maximum atomic E-state index is 13.8. The summed E-state index contributed by atoms with van der Waals surface area (Å²) in [6, 6.07) is 2.39. The van der Waals surface area contributed by atoms with Gasteiger partial charge in [-0.15, -0.1) is 0 Å². The second-order valence-electron chi connectivity index (χ2n) is 11.8. The van der Waals surface area contributed by atoms with Gasteiger partial charge in [-0.05, 0) is 31.7 Å². The zero-order valence-electron chi connectivity index (χ0n) is 25.9. The molecule has 2 saturated heterocycles. The maximum absolute atomic E-state index is 13.8. The Bertz CT molecular complexity index is 1420. The van der Waals surface area contributed by atoms with E-state index in [1.54, 1.807) is 31.1 Å². The third-order valence-corrected chi connectivity index (χ3v) is 9.89. The molecule has 3 unspecified atom stereocenters. The fraction of sp³-hybridized carbons (Fsp3) is 0.613. The topological polar surface area (TPSA) is 143 Å². The van der Waals surface area contributed by atoms with Crippen LogP contribution in [0.2, 0.25) is 0 Å². The number of hydrogen-bond donors (Lipinski definition) is 2. The number of benzene rings is 1. The highest BCUT2D eigenvalue weighted by Crippen LogP contribution is 2.36. The number of fused-ring (bicyclic) bond motifs is 1. The van der Waals surface area contributed by atoms with Crippen LogP contribution in [0.15, 0.2) is 12.1 Å². The van der Waals surface area contributed by atoms with E-state index < -0.39 is 18.0 Å². The van der Waals surface area contributed by atoms with Gasteiger partial charge in [0.25, 0.3) is 0 Å². The lowest BCUT2D eigenvalue weighted by molar-refractivity contribution is -0.139. The van der Waals surface area contributed by atoms with Gasteiger partial charge in [0.1, 0.15) is 17.9 Å². The van der Waals surface area contributed by atoms with Crippen molar-refractivity contribution in [1.29, 1.82) is 0 Å². The lowest BCUT2D eigenvalue weighted by atomic mass is 9.94. The molecule has 2 N–H and O–H groups in total. The maximum Gasteiger partial charge on any atom is 0.248 e. The van der Waals surface area contributed by atoms with Crippen LogP contribution >= 0.6 is 11.8 Å². The quantitative estimate of drug-likeness (QED) is 0.402. The van der Waals surface area contributed by atoms with Crippen molar-refractivity contribution >= 4 is 57.1 Å². The van der Waals surface area contributed by atoms with E-state index in [-0.39, 0.29) is 34.4 Å². The van der Waals surface area contributed by atoms with Gasteiger partial charge in [-0.25, -0.2) is 4.98 Å². The lowest BCUT2D eigenvalue weighted by Crippen LogP contribution is -2.56. The second kappa shape index (κ2) is 14.1. The molecule has 238 valence electrons. The number of piperazine rings is 1. The van der Waals surface area contributed by atoms with E-state index >= 15 is 0 Å². The highest BCUT2D eigenvalue weighted by molar-refractivity contribution is 8.13. The minimum absolute atomic E-state index is 0.0357. The average molecular weight is 627 g/mol. The van der Waals surface area contributed by atoms with Gasteiger partial charge in [0, 0.05) is 62.1 Å². The average Bonchev–Trinajstić information content (AvgIpc) is 3.75. The number of likely N-dealkylation sites (tertiary alicyclic amines) is 1. The Kier molecular flexibility index (Phi) is 10.2. The first-order valence-electron chi connectivity index (χ1n) is 15.4. The molecule has 3 heterocycles. The highest BCUT2D eigenvalue weighted by atomic mass is 32.2. The van der Waals surface area contributed by atoms with Crippen molar-refractivity contribution in [2.24, 2.45) is 11.8 Å². The number of hydrogen-bond acceptors (Lipinski definition) is 11. The van der Waals surface area contributed by atoms with Crippen molar-refractivity contribution in [2.75, 3.05) is 56.4 Å². The number of carbonyl (C=O) groups excluding carboxylic acids is 4. The molecule has 12 nitrogen and oxygen atoms in total. The van der Waals surface area contributed by atoms with Crippen LogP contribution in [0.3, 0.4) is 0 Å². The Balaban J connectivity index is 1.48. The Hall–Kier alpha value is -3.45. The van der Waals surface area contributed by atoms with Crippen LogP contribution in [0.4, 0.5) is 11.8 Å². The fourth-order valence-corrected chi connectivity index (χ4v) is 7.07. The van der Waals surface area contributed by atoms with Crippen molar-refractivity contribution < 1.29 is 28.7 Å². The van der Waals surface area contributed by atoms with Crippen LogP contribution in [-0.4, -0.2) is 95.8 Å². The SMILES string of the molecule is COc1cc2nc(N3CCNCC3C(=O)C3CCCC3)nc(NC(=O)C3CCCN3C(=O)C(C)CSC(C)=O)c2cc1OC. The molecule has 0 radical (unpaired) electrons. The normalized spacial score (nSPS) is 21.4. The Morgan fingerprint density at radius 1 is 1.02 bits per heavy atom. The molecule has 0 bridgehead atoms. The summed E-state index contributed by atoms with van der Waals surface area (Å²) in [6.07, 6.45) is 5.16. The van der Waals surface area contributed by atoms with Gasteiger partial charge >= 0.3 is 0 Å². The molecule has 2 amide bonds. The van der Waals surface area contributed by atoms with Gasteiger partial charge in [-0.3, -0.25) is 19.2 Å². The molecule has 0 spiro atoms. The number of methoxy groups -OCH3 is 2. The molecule has 1 aliphatic carbocycles. The van der Waals surface area contributed by atoms with Gasteiger partial charge in [-0.1, -0.05) is 31.5 Å². The number of nitrogens with one attached hydrogen (secondary N) is 2. The summed E-state index contributed by atoms with van der Waals surface area (Å²) >= 11 is 1.11. The van der Waals surface area contributed by atoms with Crippen molar-refractivity contribution in [3.63, 3.8) is 0 Å². The van der Waals surface area contributed by atoms with E-state index in [4.69, 9.17) is 19.4 Å². The lowest BCUT2D eigenvalue weighted by Gasteiger charge is -2.36. The van der Waals surface area contributed by atoms with Gasteiger partial charge in [0.15, 0.2) is 22.4 Å². The number of thioether (sulfide) groups is 1. The number of Topliss-reactive ketones (excluding diaryl/α,β-unsaturated/α-hetero) is 1. The zero-order chi connectivity index (χ0) is 31.4. The van der Waals surface area contributed by atoms with Crippen molar-refractivity contribution in [3.05, 3.63) is 12.1 Å². The summed E-state index contributed by atoms with van der Waals surface area (Å²) in [5, 5.41) is 6.86. The monoisotopic (exact) mass is 626 g/mol. The first kappa shape index (κ1) is 32.0. The number of aromatic nitrogens is 2. The van der Waals surface area contributed by atoms with E-state index in [1.807, 2.05) is 4.90 Å². The van der Waals surface area contributed by atoms with Crippen LogP contribution in [-0.2, 0) is 19.2 Å². The molecule has 3 fully saturated rings. The third-order valence-electron chi connectivity index (χ3n) is 8.81. The summed E-state index contributed by atoms with van der Waals surface area (Å²) in [5.41, 5.74) is 0.530. The molecular weight excluding hydrogens is 584 g/mol. The van der Waals surface area contributed by atoms with Gasteiger partial charge < -0.3 is 29.9 Å². The van der Waals surface area contributed by atoms with Crippen LogP contribution in [0.25, 0.3) is 10.9 Å². The number of ether oxygens (including phenoxy) is 2. The molecular formula is C31H42N6O6S. The van der Waals surface area contributed by atoms with Crippen molar-refractivity contribution in [1.82, 2.24) is 20.2 Å². The van der Waals surface area contributed by atoms with E-state index in [2.05, 4.69) is 10.6 Å². The number of rotatable bonds is 10. The Morgan fingerprint density at radius 3 is 2.45 bits per heavy atom. The smallest absolute Gasteiger partial charge is 0.248 e. The molecule has 3 atom stereocenters. The van der Waals surface area contributed by atoms with Crippen LogP contribution in [0, 0.1) is 11.8 Å². The first-order valence-corrected chi connectivity index (χ1v) is 16.4. The number of carbonyl (C=O) groups is 4. The van der Waals surface area contributed by atoms with E-state index in [9.17, 15) is 19.2 Å². The minimum Gasteiger partial charge on any atom is -0.493 e. The fourth-order valence-electron chi connectivity index (χ4n) is 6.45. The molecule has 13 heteroatoms. The molecule has 2 aromatic rings. The number of anilines is 2. The zero-order valence-corrected chi connectivity index (χ0v) is 26.7. The second-order valence-corrected chi connectivity index (χ2v) is 13.0. The summed E-state index contributed by atoms with van der Waals surface area (Å²) in [4.78, 5) is 65.4. The van der Waals surface area contributed by atoms with Gasteiger partial charge in [0.05, 0.1) is 19.7 Å². The van der Waals surface area contributed by atoms with E-state index in [0.29, 0.717) is 73.1 Å². The molecule has 2 aliphatic heterocycles. The largest absolute Gasteiger partial charge is 0.493 e. The Morgan fingerprint density at radius 2 is 1.75 bits per heavy atom. The van der Waals surface area contributed by atoms with Gasteiger partial charge in [-0.2, -0.15) is 4.98 Å². The molecule has 3 aliphatic rings. The van der Waals surface area contributed by atoms with Crippen LogP contribution < -0.4 is 25.0 Å². The number of ketones is 1. The van der Waals surface area contributed by atoms with Crippen LogP contribution in [0.1, 0.15) is 52.4 Å². The summed E-state index contributed by atoms with van der Waals surface area (Å²) in [5.74, 6) is 1.28. The summed E-state index contributed by atoms with van der Waals surface area (Å²) < 4.78 is 11.1. The highest BCUT2D eigenvalue weighted by Gasteiger charge is 2.38. The first-order chi connectivity index (χ1) is 21.2. The minimum atomic E-state index is -0.670. The van der Waals surface area contributed by atoms with Gasteiger partial charge in [0.2, 0.25) is 17.8 Å². The molecule has 5 rings (SSSR count). The number of amides is 2. The molecule has 1 aromatic carbocycles. The predicted octanol–water partition coefficient (Wildman–Crippen LogP) is 3.03. The predicted molar refractivity (Wildman–Crippen MR) is 169 cm³/mol. The van der Waals surface area contributed by atoms with E-state index in [0.717, 1.165) is 37.4 Å². The van der Waals surface area contributed by atoms with E-state index in [1.165, 1.54) is 14.0 Å². The molecule has 1 saturated carbocycles. The summed E-state index contributed by atoms with van der Waals surface area (Å²) in [7, 11) is 3.08. The Labute approximate surface area is 262 Å². The third kappa shape index (κ3) is 6.78. The van der Waals surface area contributed by atoms with Crippen molar-refractivity contribution in [2.45, 2.75) is 64.5 Å².